The smallest absolute Gasteiger partial charge is 1.00 e. The van der Waals surface area contributed by atoms with E-state index >= 15 is 0 Å². The van der Waals surface area contributed by atoms with Gasteiger partial charge in [0.15, 0.2) is 0 Å². The standard InChI is InChI=1S/C21H19.C6H10.2ClH.Zr/c1-13-7-6-10-17-11-18-12-19(16-8-4-5-9-16)14(2)15(3)21(18)20(13)17;1-2-4-6-5-3-1;;;/h4-8,10H,9,11H2,1-3H3;1-5H2;2*1H;/q;;;;+2/p-2. The fourth-order valence-electron chi connectivity index (χ4n) is 5.46. The van der Waals surface area contributed by atoms with Crippen LogP contribution in [0, 0.1) is 20.8 Å². The molecule has 0 unspecified atom stereocenters. The van der Waals surface area contributed by atoms with Gasteiger partial charge in [-0.1, -0.05) is 0 Å². The molecule has 2 aromatic rings. The van der Waals surface area contributed by atoms with Crippen LogP contribution in [0.5, 0.6) is 0 Å². The molecule has 3 heteroatoms. The Kier molecular flexibility index (Phi) is 7.82. The number of hydrogen-bond donors (Lipinski definition) is 0. The Morgan fingerprint density at radius 2 is 1.57 bits per heavy atom. The first-order valence-electron chi connectivity index (χ1n) is 10.9. The number of rotatable bonds is 2. The number of fused-ring (bicyclic) bond motifs is 3. The largest absolute Gasteiger partial charge is 1.00 e. The Morgan fingerprint density at radius 3 is 2.27 bits per heavy atom. The van der Waals surface area contributed by atoms with Crippen molar-refractivity contribution >= 4 is 12.1 Å². The molecular weight excluding hydrogens is 486 g/mol. The zero-order valence-corrected chi connectivity index (χ0v) is 22.1. The van der Waals surface area contributed by atoms with Gasteiger partial charge in [0.05, 0.1) is 0 Å². The number of hydrogen-bond acceptors (Lipinski definition) is 0. The van der Waals surface area contributed by atoms with E-state index in [0.717, 1.165) is 12.8 Å². The van der Waals surface area contributed by atoms with E-state index in [4.69, 9.17) is 0 Å². The second-order valence-corrected chi connectivity index (χ2v) is 12.3. The summed E-state index contributed by atoms with van der Waals surface area (Å²) in [6.07, 6.45) is 16.4. The fourth-order valence-corrected chi connectivity index (χ4v) is 9.87. The molecule has 0 aromatic heterocycles. The molecule has 2 aromatic carbocycles. The maximum Gasteiger partial charge on any atom is -1.00 e. The Bertz CT molecular complexity index is 1070. The summed E-state index contributed by atoms with van der Waals surface area (Å²) >= 11 is -0.706. The van der Waals surface area contributed by atoms with E-state index in [9.17, 15) is 0 Å². The van der Waals surface area contributed by atoms with Gasteiger partial charge in [-0.05, 0) is 0 Å². The molecular formula is C27H29Cl2Zr. The first kappa shape index (κ1) is 23.9. The van der Waals surface area contributed by atoms with Crippen molar-refractivity contribution in [3.05, 3.63) is 69.8 Å². The quantitative estimate of drug-likeness (QED) is 0.463. The molecule has 0 radical (unpaired) electrons. The van der Waals surface area contributed by atoms with Gasteiger partial charge in [-0.2, -0.15) is 0 Å². The molecule has 0 atom stereocenters. The van der Waals surface area contributed by atoms with E-state index in [0.29, 0.717) is 0 Å². The monoisotopic (exact) mass is 513 g/mol. The van der Waals surface area contributed by atoms with Gasteiger partial charge in [-0.3, -0.25) is 0 Å². The van der Waals surface area contributed by atoms with Crippen molar-refractivity contribution in [2.24, 2.45) is 0 Å². The van der Waals surface area contributed by atoms with Crippen molar-refractivity contribution in [3.8, 4) is 11.1 Å². The SMILES string of the molecule is Cc1cccc2c1-c1c(C)c(C)c(C3=CC=CC3)[c]([Zr+2]=[C]3CCCCC3)c1C2.[Cl-].[Cl-]. The number of aryl methyl sites for hydroxylation is 1. The van der Waals surface area contributed by atoms with Gasteiger partial charge in [-0.25, -0.2) is 0 Å². The van der Waals surface area contributed by atoms with E-state index in [-0.39, 0.29) is 24.8 Å². The molecule has 30 heavy (non-hydrogen) atoms. The topological polar surface area (TPSA) is 0 Å². The van der Waals surface area contributed by atoms with Crippen LogP contribution in [0.1, 0.15) is 71.9 Å². The molecule has 155 valence electrons. The number of halogens is 2. The summed E-state index contributed by atoms with van der Waals surface area (Å²) in [5.74, 6) is 0. The predicted octanol–water partition coefficient (Wildman–Crippen LogP) is 0.379. The zero-order valence-electron chi connectivity index (χ0n) is 18.2. The Hall–Kier alpha value is -0.747. The molecule has 3 aliphatic rings. The van der Waals surface area contributed by atoms with Crippen molar-refractivity contribution in [3.63, 3.8) is 0 Å². The summed E-state index contributed by atoms with van der Waals surface area (Å²) in [5.41, 5.74) is 14.2. The Morgan fingerprint density at radius 1 is 0.833 bits per heavy atom. The van der Waals surface area contributed by atoms with Gasteiger partial charge in [0.25, 0.3) is 0 Å². The van der Waals surface area contributed by atoms with Crippen LogP contribution in [-0.4, -0.2) is 3.21 Å². The van der Waals surface area contributed by atoms with Gasteiger partial charge in [-0.15, -0.1) is 0 Å². The molecule has 3 aliphatic carbocycles. The first-order chi connectivity index (χ1) is 13.6. The summed E-state index contributed by atoms with van der Waals surface area (Å²) in [6, 6.07) is 6.92. The minimum Gasteiger partial charge on any atom is -1.00 e. The van der Waals surface area contributed by atoms with Gasteiger partial charge in [0, 0.05) is 0 Å². The van der Waals surface area contributed by atoms with E-state index < -0.39 is 22.8 Å². The van der Waals surface area contributed by atoms with Crippen LogP contribution in [0.3, 0.4) is 0 Å². The molecule has 0 bridgehead atoms. The molecule has 5 rings (SSSR count). The summed E-state index contributed by atoms with van der Waals surface area (Å²) in [5, 5.41) is 0. The van der Waals surface area contributed by atoms with Gasteiger partial charge in [0.1, 0.15) is 0 Å². The Balaban J connectivity index is 0.00000128. The molecule has 0 saturated heterocycles. The second kappa shape index (κ2) is 9.81. The summed E-state index contributed by atoms with van der Waals surface area (Å²) in [6.45, 7) is 7.08. The molecule has 0 spiro atoms. The molecule has 0 amide bonds. The fraction of sp³-hybridized carbons (Fsp3) is 0.370. The molecule has 0 N–H and O–H groups in total. The summed E-state index contributed by atoms with van der Waals surface area (Å²) in [7, 11) is 0. The molecule has 0 aliphatic heterocycles. The maximum atomic E-state index is 2.40. The molecule has 0 nitrogen and oxygen atoms in total. The van der Waals surface area contributed by atoms with Crippen molar-refractivity contribution in [1.82, 2.24) is 0 Å². The summed E-state index contributed by atoms with van der Waals surface area (Å²) in [4.78, 5) is 0. The third-order valence-corrected chi connectivity index (χ3v) is 11.1. The zero-order chi connectivity index (χ0) is 19.3. The normalized spacial score (nSPS) is 16.2. The van der Waals surface area contributed by atoms with Crippen LogP contribution in [0.2, 0.25) is 0 Å². The minimum absolute atomic E-state index is 0. The molecule has 1 saturated carbocycles. The van der Waals surface area contributed by atoms with E-state index in [1.807, 2.05) is 6.48 Å². The predicted molar refractivity (Wildman–Crippen MR) is 118 cm³/mol. The van der Waals surface area contributed by atoms with Crippen LogP contribution < -0.4 is 28.1 Å². The van der Waals surface area contributed by atoms with Crippen LogP contribution >= 0.6 is 0 Å². The van der Waals surface area contributed by atoms with Crippen molar-refractivity contribution < 1.29 is 47.6 Å². The van der Waals surface area contributed by atoms with E-state index in [2.05, 4.69) is 57.2 Å². The number of benzene rings is 2. The van der Waals surface area contributed by atoms with E-state index in [1.165, 1.54) is 43.2 Å². The average Bonchev–Trinajstić information content (AvgIpc) is 3.35. The Labute approximate surface area is 205 Å². The third kappa shape index (κ3) is 4.03. The van der Waals surface area contributed by atoms with Crippen molar-refractivity contribution in [2.75, 3.05) is 0 Å². The van der Waals surface area contributed by atoms with Crippen LogP contribution in [0.4, 0.5) is 0 Å². The summed E-state index contributed by atoms with van der Waals surface area (Å²) < 4.78 is 3.78. The maximum absolute atomic E-state index is 2.40. The molecule has 0 heterocycles. The van der Waals surface area contributed by atoms with E-state index in [1.54, 1.807) is 39.0 Å². The minimum atomic E-state index is -0.706. The van der Waals surface area contributed by atoms with Crippen LogP contribution in [-0.2, 0) is 29.2 Å². The van der Waals surface area contributed by atoms with Crippen LogP contribution in [0.15, 0.2) is 36.4 Å². The average molecular weight is 516 g/mol. The second-order valence-electron chi connectivity index (χ2n) is 8.75. The van der Waals surface area contributed by atoms with Crippen molar-refractivity contribution in [2.45, 2.75) is 65.7 Å². The van der Waals surface area contributed by atoms with Gasteiger partial charge in [0.2, 0.25) is 0 Å². The first-order valence-corrected chi connectivity index (χ1v) is 13.3. The van der Waals surface area contributed by atoms with Crippen molar-refractivity contribution in [1.29, 1.82) is 0 Å². The van der Waals surface area contributed by atoms with Gasteiger partial charge >= 0.3 is 181 Å². The van der Waals surface area contributed by atoms with Crippen LogP contribution in [0.25, 0.3) is 16.7 Å². The van der Waals surface area contributed by atoms with Gasteiger partial charge < -0.3 is 24.8 Å². The molecule has 1 fully saturated rings. The number of allylic oxidation sites excluding steroid dienone is 4. The third-order valence-electron chi connectivity index (χ3n) is 6.99.